The molecule has 0 atom stereocenters. The van der Waals surface area contributed by atoms with E-state index in [4.69, 9.17) is 5.11 Å². The quantitative estimate of drug-likeness (QED) is 0.875. The van der Waals surface area contributed by atoms with Gasteiger partial charge in [-0.15, -0.1) is 0 Å². The zero-order chi connectivity index (χ0) is 14.8. The third kappa shape index (κ3) is 3.69. The third-order valence-electron chi connectivity index (χ3n) is 3.59. The lowest BCUT2D eigenvalue weighted by molar-refractivity contribution is -0.142. The molecule has 1 aromatic heterocycles. The first-order valence-electron chi connectivity index (χ1n) is 6.51. The summed E-state index contributed by atoms with van der Waals surface area (Å²) in [6.07, 6.45) is 5.37. The molecule has 1 fully saturated rings. The maximum atomic E-state index is 11.3. The van der Waals surface area contributed by atoms with Gasteiger partial charge in [0.05, 0.1) is 10.8 Å². The van der Waals surface area contributed by atoms with Gasteiger partial charge in [0, 0.05) is 18.5 Å². The summed E-state index contributed by atoms with van der Waals surface area (Å²) >= 11 is 0. The summed E-state index contributed by atoms with van der Waals surface area (Å²) < 4.78 is 22.6. The van der Waals surface area contributed by atoms with Gasteiger partial charge in [-0.3, -0.25) is 4.79 Å². The van der Waals surface area contributed by atoms with Crippen molar-refractivity contribution >= 4 is 21.6 Å². The molecular formula is C13H18N2O4S. The Morgan fingerprint density at radius 2 is 1.95 bits per heavy atom. The Hall–Kier alpha value is -1.63. The summed E-state index contributed by atoms with van der Waals surface area (Å²) in [6.45, 7) is 0. The van der Waals surface area contributed by atoms with Gasteiger partial charge in [0.25, 0.3) is 0 Å². The fourth-order valence-corrected chi connectivity index (χ4v) is 2.94. The first-order chi connectivity index (χ1) is 9.36. The molecule has 1 heterocycles. The minimum atomic E-state index is -3.23. The molecule has 2 rings (SSSR count). The number of nitrogens with zero attached hydrogens (tertiary/aromatic N) is 1. The molecule has 0 saturated heterocycles. The normalized spacial score (nSPS) is 23.2. The highest BCUT2D eigenvalue weighted by molar-refractivity contribution is 7.90. The smallest absolute Gasteiger partial charge is 0.306 e. The molecule has 1 aliphatic rings. The fraction of sp³-hybridized carbons (Fsp3) is 0.538. The highest BCUT2D eigenvalue weighted by Crippen LogP contribution is 2.26. The van der Waals surface area contributed by atoms with E-state index in [1.807, 2.05) is 0 Å². The topological polar surface area (TPSA) is 96.4 Å². The molecule has 20 heavy (non-hydrogen) atoms. The van der Waals surface area contributed by atoms with Crippen molar-refractivity contribution in [2.45, 2.75) is 36.6 Å². The van der Waals surface area contributed by atoms with E-state index in [0.717, 1.165) is 19.1 Å². The molecule has 1 aliphatic carbocycles. The SMILES string of the molecule is CS(=O)(=O)c1ccc(NC2CCC(C(=O)O)CC2)nc1. The van der Waals surface area contributed by atoms with E-state index < -0.39 is 15.8 Å². The number of anilines is 1. The summed E-state index contributed by atoms with van der Waals surface area (Å²) in [5, 5.41) is 12.2. The van der Waals surface area contributed by atoms with Crippen LogP contribution in [0.25, 0.3) is 0 Å². The molecule has 0 bridgehead atoms. The van der Waals surface area contributed by atoms with Crippen LogP contribution in [0.5, 0.6) is 0 Å². The first-order valence-corrected chi connectivity index (χ1v) is 8.41. The molecule has 0 amide bonds. The predicted molar refractivity (Wildman–Crippen MR) is 74.4 cm³/mol. The van der Waals surface area contributed by atoms with E-state index in [9.17, 15) is 13.2 Å². The Kier molecular flexibility index (Phi) is 4.27. The van der Waals surface area contributed by atoms with Crippen molar-refractivity contribution in [2.75, 3.05) is 11.6 Å². The number of hydrogen-bond acceptors (Lipinski definition) is 5. The highest BCUT2D eigenvalue weighted by Gasteiger charge is 2.25. The summed E-state index contributed by atoms with van der Waals surface area (Å²) in [4.78, 5) is 15.1. The highest BCUT2D eigenvalue weighted by atomic mass is 32.2. The van der Waals surface area contributed by atoms with Gasteiger partial charge in [-0.25, -0.2) is 13.4 Å². The van der Waals surface area contributed by atoms with Crippen molar-refractivity contribution in [2.24, 2.45) is 5.92 Å². The van der Waals surface area contributed by atoms with Crippen molar-refractivity contribution in [1.29, 1.82) is 0 Å². The zero-order valence-electron chi connectivity index (χ0n) is 11.2. The average Bonchev–Trinajstić information content (AvgIpc) is 2.39. The van der Waals surface area contributed by atoms with Crippen LogP contribution in [0.3, 0.4) is 0 Å². The lowest BCUT2D eigenvalue weighted by Crippen LogP contribution is -2.29. The van der Waals surface area contributed by atoms with Crippen LogP contribution in [0.1, 0.15) is 25.7 Å². The van der Waals surface area contributed by atoms with E-state index in [0.29, 0.717) is 18.7 Å². The van der Waals surface area contributed by atoms with Crippen LogP contribution >= 0.6 is 0 Å². The Labute approximate surface area is 118 Å². The number of carboxylic acid groups (broad SMARTS) is 1. The lowest BCUT2D eigenvalue weighted by Gasteiger charge is -2.27. The number of pyridine rings is 1. The van der Waals surface area contributed by atoms with Crippen molar-refractivity contribution in [1.82, 2.24) is 4.98 Å². The van der Waals surface area contributed by atoms with E-state index in [1.54, 1.807) is 6.07 Å². The van der Waals surface area contributed by atoms with E-state index in [2.05, 4.69) is 10.3 Å². The number of hydrogen-bond donors (Lipinski definition) is 2. The maximum Gasteiger partial charge on any atom is 0.306 e. The Balaban J connectivity index is 1.93. The Bertz CT molecular complexity index is 575. The van der Waals surface area contributed by atoms with Crippen LogP contribution in [-0.4, -0.2) is 36.8 Å². The monoisotopic (exact) mass is 298 g/mol. The van der Waals surface area contributed by atoms with Crippen LogP contribution in [0.4, 0.5) is 5.82 Å². The number of aliphatic carboxylic acids is 1. The summed E-state index contributed by atoms with van der Waals surface area (Å²) in [6, 6.07) is 3.36. The first kappa shape index (κ1) is 14.8. The summed E-state index contributed by atoms with van der Waals surface area (Å²) in [7, 11) is -3.23. The van der Waals surface area contributed by atoms with Crippen LogP contribution in [0, 0.1) is 5.92 Å². The molecule has 1 aromatic rings. The number of carboxylic acids is 1. The minimum absolute atomic E-state index is 0.192. The molecule has 0 aliphatic heterocycles. The molecule has 2 N–H and O–H groups in total. The molecule has 110 valence electrons. The van der Waals surface area contributed by atoms with E-state index in [1.165, 1.54) is 12.3 Å². The predicted octanol–water partition coefficient (Wildman–Crippen LogP) is 1.54. The standard InChI is InChI=1S/C13H18N2O4S/c1-20(18,19)11-6-7-12(14-8-11)15-10-4-2-9(3-5-10)13(16)17/h6-10H,2-5H2,1H3,(H,14,15)(H,16,17). The second-order valence-corrected chi connectivity index (χ2v) is 7.20. The van der Waals surface area contributed by atoms with Gasteiger partial charge in [0.2, 0.25) is 0 Å². The van der Waals surface area contributed by atoms with Gasteiger partial charge in [0.15, 0.2) is 9.84 Å². The number of aromatic nitrogens is 1. The van der Waals surface area contributed by atoms with Crippen LogP contribution < -0.4 is 5.32 Å². The fourth-order valence-electron chi connectivity index (χ4n) is 2.38. The minimum Gasteiger partial charge on any atom is -0.481 e. The van der Waals surface area contributed by atoms with Crippen LogP contribution in [0.15, 0.2) is 23.2 Å². The molecule has 0 unspecified atom stereocenters. The van der Waals surface area contributed by atoms with Gasteiger partial charge in [-0.1, -0.05) is 0 Å². The molecule has 6 nitrogen and oxygen atoms in total. The zero-order valence-corrected chi connectivity index (χ0v) is 12.1. The van der Waals surface area contributed by atoms with Crippen molar-refractivity contribution in [3.63, 3.8) is 0 Å². The van der Waals surface area contributed by atoms with Crippen molar-refractivity contribution in [3.05, 3.63) is 18.3 Å². The van der Waals surface area contributed by atoms with Gasteiger partial charge in [-0.05, 0) is 37.8 Å². The molecule has 0 aromatic carbocycles. The maximum absolute atomic E-state index is 11.3. The lowest BCUT2D eigenvalue weighted by atomic mass is 9.86. The van der Waals surface area contributed by atoms with Gasteiger partial charge in [0.1, 0.15) is 5.82 Å². The number of carbonyl (C=O) groups is 1. The van der Waals surface area contributed by atoms with Crippen molar-refractivity contribution < 1.29 is 18.3 Å². The second kappa shape index (κ2) is 5.78. The third-order valence-corrected chi connectivity index (χ3v) is 4.69. The van der Waals surface area contributed by atoms with Gasteiger partial charge >= 0.3 is 5.97 Å². The van der Waals surface area contributed by atoms with Gasteiger partial charge < -0.3 is 10.4 Å². The number of rotatable bonds is 4. The molecular weight excluding hydrogens is 280 g/mol. The van der Waals surface area contributed by atoms with Crippen LogP contribution in [0.2, 0.25) is 0 Å². The molecule has 0 radical (unpaired) electrons. The van der Waals surface area contributed by atoms with E-state index in [-0.39, 0.29) is 16.9 Å². The summed E-state index contributed by atoms with van der Waals surface area (Å²) in [5.41, 5.74) is 0. The Morgan fingerprint density at radius 1 is 1.30 bits per heavy atom. The van der Waals surface area contributed by atoms with Crippen molar-refractivity contribution in [3.8, 4) is 0 Å². The van der Waals surface area contributed by atoms with E-state index >= 15 is 0 Å². The average molecular weight is 298 g/mol. The Morgan fingerprint density at radius 3 is 2.40 bits per heavy atom. The van der Waals surface area contributed by atoms with Gasteiger partial charge in [-0.2, -0.15) is 0 Å². The summed E-state index contributed by atoms with van der Waals surface area (Å²) in [5.74, 6) is -0.344. The molecule has 1 saturated carbocycles. The number of sulfone groups is 1. The molecule has 7 heteroatoms. The molecule has 0 spiro atoms. The largest absolute Gasteiger partial charge is 0.481 e. The van der Waals surface area contributed by atoms with Crippen LogP contribution in [-0.2, 0) is 14.6 Å². The number of nitrogens with one attached hydrogen (secondary N) is 1. The second-order valence-electron chi connectivity index (χ2n) is 5.18.